The molecule has 1 saturated heterocycles. The molecule has 6 heteroatoms. The highest BCUT2D eigenvalue weighted by Gasteiger charge is 2.23. The van der Waals surface area contributed by atoms with Crippen molar-refractivity contribution in [3.63, 3.8) is 0 Å². The molecule has 1 aliphatic carbocycles. The molecule has 5 nitrogen and oxygen atoms in total. The summed E-state index contributed by atoms with van der Waals surface area (Å²) < 4.78 is 0. The van der Waals surface area contributed by atoms with Crippen LogP contribution in [0.3, 0.4) is 0 Å². The molecular formula is C20H42IN5. The summed E-state index contributed by atoms with van der Waals surface area (Å²) in [7, 11) is 2.23. The van der Waals surface area contributed by atoms with Gasteiger partial charge in [-0.3, -0.25) is 4.99 Å². The molecule has 0 amide bonds. The minimum absolute atomic E-state index is 0. The van der Waals surface area contributed by atoms with Crippen molar-refractivity contribution in [1.82, 2.24) is 20.4 Å². The van der Waals surface area contributed by atoms with Gasteiger partial charge in [0.15, 0.2) is 5.96 Å². The molecule has 0 spiro atoms. The van der Waals surface area contributed by atoms with E-state index in [1.54, 1.807) is 0 Å². The van der Waals surface area contributed by atoms with Crippen molar-refractivity contribution in [1.29, 1.82) is 0 Å². The lowest BCUT2D eigenvalue weighted by Gasteiger charge is -2.32. The number of rotatable bonds is 6. The summed E-state index contributed by atoms with van der Waals surface area (Å²) in [6.45, 7) is 14.6. The van der Waals surface area contributed by atoms with E-state index in [1.165, 1.54) is 58.3 Å². The second-order valence-electron chi connectivity index (χ2n) is 8.26. The highest BCUT2D eigenvalue weighted by molar-refractivity contribution is 14.0. The van der Waals surface area contributed by atoms with Crippen molar-refractivity contribution in [3.8, 4) is 0 Å². The third-order valence-electron chi connectivity index (χ3n) is 5.90. The highest BCUT2D eigenvalue weighted by Crippen LogP contribution is 2.29. The number of likely N-dealkylation sites (N-methyl/N-ethyl adjacent to an activating group) is 1. The third-order valence-corrected chi connectivity index (χ3v) is 5.90. The van der Waals surface area contributed by atoms with Crippen molar-refractivity contribution in [3.05, 3.63) is 0 Å². The maximum atomic E-state index is 4.84. The first kappa shape index (κ1) is 24.0. The van der Waals surface area contributed by atoms with E-state index in [1.807, 2.05) is 0 Å². The number of hydrogen-bond donors (Lipinski definition) is 2. The van der Waals surface area contributed by atoms with Crippen LogP contribution >= 0.6 is 24.0 Å². The van der Waals surface area contributed by atoms with E-state index in [-0.39, 0.29) is 24.0 Å². The summed E-state index contributed by atoms with van der Waals surface area (Å²) in [5.74, 6) is 2.76. The topological polar surface area (TPSA) is 42.9 Å². The Bertz CT molecular complexity index is 394. The first-order valence-corrected chi connectivity index (χ1v) is 10.5. The molecule has 1 saturated carbocycles. The van der Waals surface area contributed by atoms with Gasteiger partial charge < -0.3 is 20.4 Å². The Labute approximate surface area is 178 Å². The van der Waals surface area contributed by atoms with Crippen LogP contribution in [0.5, 0.6) is 0 Å². The smallest absolute Gasteiger partial charge is 0.191 e. The molecule has 26 heavy (non-hydrogen) atoms. The van der Waals surface area contributed by atoms with Crippen LogP contribution in [0, 0.1) is 11.8 Å². The van der Waals surface area contributed by atoms with Crippen molar-refractivity contribution < 1.29 is 0 Å². The predicted molar refractivity (Wildman–Crippen MR) is 124 cm³/mol. The van der Waals surface area contributed by atoms with E-state index < -0.39 is 0 Å². The molecule has 0 atom stereocenters. The van der Waals surface area contributed by atoms with Crippen LogP contribution < -0.4 is 10.6 Å². The Morgan fingerprint density at radius 1 is 1.08 bits per heavy atom. The summed E-state index contributed by atoms with van der Waals surface area (Å²) in [5.41, 5.74) is 0. The molecule has 2 fully saturated rings. The molecule has 0 aromatic carbocycles. The molecule has 0 radical (unpaired) electrons. The SMILES string of the molecule is CCNC(=NCCN1CCCN(C)CC1)NC1CCC(C(C)C)CC1.I. The number of aliphatic imine (C=N–C) groups is 1. The van der Waals surface area contributed by atoms with Crippen molar-refractivity contribution >= 4 is 29.9 Å². The fraction of sp³-hybridized carbons (Fsp3) is 0.950. The van der Waals surface area contributed by atoms with Crippen LogP contribution in [-0.2, 0) is 0 Å². The number of halogens is 1. The Morgan fingerprint density at radius 2 is 1.81 bits per heavy atom. The van der Waals surface area contributed by atoms with Crippen LogP contribution in [0.4, 0.5) is 0 Å². The van der Waals surface area contributed by atoms with Crippen LogP contribution in [-0.4, -0.2) is 74.7 Å². The quantitative estimate of drug-likeness (QED) is 0.349. The number of nitrogens with zero attached hydrogens (tertiary/aromatic N) is 3. The third kappa shape index (κ3) is 8.74. The largest absolute Gasteiger partial charge is 0.357 e. The molecule has 0 bridgehead atoms. The number of nitrogens with one attached hydrogen (secondary N) is 2. The maximum Gasteiger partial charge on any atom is 0.191 e. The average Bonchev–Trinajstić information content (AvgIpc) is 2.80. The van der Waals surface area contributed by atoms with Crippen molar-refractivity contribution in [2.45, 2.75) is 58.9 Å². The Kier molecular flexibility index (Phi) is 12.1. The lowest BCUT2D eigenvalue weighted by Crippen LogP contribution is -2.45. The minimum atomic E-state index is 0. The van der Waals surface area contributed by atoms with Crippen molar-refractivity contribution in [2.24, 2.45) is 16.8 Å². The molecule has 154 valence electrons. The number of guanidine groups is 1. The zero-order valence-corrected chi connectivity index (χ0v) is 19.8. The van der Waals surface area contributed by atoms with Gasteiger partial charge in [-0.25, -0.2) is 0 Å². The van der Waals surface area contributed by atoms with E-state index >= 15 is 0 Å². The Balaban J connectivity index is 0.00000338. The molecular weight excluding hydrogens is 437 g/mol. The summed E-state index contributed by atoms with van der Waals surface area (Å²) in [6.07, 6.45) is 6.56. The highest BCUT2D eigenvalue weighted by atomic mass is 127. The maximum absolute atomic E-state index is 4.84. The van der Waals surface area contributed by atoms with Crippen molar-refractivity contribution in [2.75, 3.05) is 52.9 Å². The molecule has 2 aliphatic rings. The van der Waals surface area contributed by atoms with Gasteiger partial charge in [-0.1, -0.05) is 13.8 Å². The summed E-state index contributed by atoms with van der Waals surface area (Å²) in [6, 6.07) is 0.597. The molecule has 1 aliphatic heterocycles. The summed E-state index contributed by atoms with van der Waals surface area (Å²) in [5, 5.41) is 7.12. The van der Waals surface area contributed by atoms with E-state index in [0.717, 1.165) is 37.4 Å². The molecule has 2 rings (SSSR count). The van der Waals surface area contributed by atoms with E-state index in [9.17, 15) is 0 Å². The van der Waals surface area contributed by atoms with Gasteiger partial charge in [-0.2, -0.15) is 0 Å². The monoisotopic (exact) mass is 479 g/mol. The van der Waals surface area contributed by atoms with E-state index in [2.05, 4.69) is 48.3 Å². The lowest BCUT2D eigenvalue weighted by atomic mass is 9.80. The van der Waals surface area contributed by atoms with Gasteiger partial charge >= 0.3 is 0 Å². The minimum Gasteiger partial charge on any atom is -0.357 e. The Morgan fingerprint density at radius 3 is 2.46 bits per heavy atom. The van der Waals surface area contributed by atoms with Crippen LogP contribution in [0.25, 0.3) is 0 Å². The van der Waals surface area contributed by atoms with Gasteiger partial charge in [0.05, 0.1) is 6.54 Å². The molecule has 0 aromatic heterocycles. The number of hydrogen-bond acceptors (Lipinski definition) is 3. The average molecular weight is 479 g/mol. The van der Waals surface area contributed by atoms with Gasteiger partial charge in [-0.15, -0.1) is 24.0 Å². The van der Waals surface area contributed by atoms with E-state index in [4.69, 9.17) is 4.99 Å². The lowest BCUT2D eigenvalue weighted by molar-refractivity contribution is 0.250. The predicted octanol–water partition coefficient (Wildman–Crippen LogP) is 3.01. The fourth-order valence-corrected chi connectivity index (χ4v) is 4.07. The van der Waals surface area contributed by atoms with Gasteiger partial charge in [0.1, 0.15) is 0 Å². The molecule has 2 N–H and O–H groups in total. The summed E-state index contributed by atoms with van der Waals surface area (Å²) >= 11 is 0. The van der Waals surface area contributed by atoms with Gasteiger partial charge in [-0.05, 0) is 71.0 Å². The zero-order chi connectivity index (χ0) is 18.1. The van der Waals surface area contributed by atoms with Crippen LogP contribution in [0.15, 0.2) is 4.99 Å². The van der Waals surface area contributed by atoms with Crippen LogP contribution in [0.2, 0.25) is 0 Å². The standard InChI is InChI=1S/C20H41N5.HI/c1-5-21-20(23-19-9-7-18(8-10-19)17(2)3)22-11-14-25-13-6-12-24(4)15-16-25;/h17-19H,5-16H2,1-4H3,(H2,21,22,23);1H. The zero-order valence-electron chi connectivity index (χ0n) is 17.5. The first-order chi connectivity index (χ1) is 12.1. The molecule has 0 unspecified atom stereocenters. The molecule has 1 heterocycles. The van der Waals surface area contributed by atoms with Crippen LogP contribution in [0.1, 0.15) is 52.9 Å². The normalized spacial score (nSPS) is 26.3. The second-order valence-corrected chi connectivity index (χ2v) is 8.26. The first-order valence-electron chi connectivity index (χ1n) is 10.5. The molecule has 0 aromatic rings. The fourth-order valence-electron chi connectivity index (χ4n) is 4.07. The van der Waals surface area contributed by atoms with Gasteiger partial charge in [0.2, 0.25) is 0 Å². The van der Waals surface area contributed by atoms with E-state index in [0.29, 0.717) is 6.04 Å². The Hall–Kier alpha value is -0.0800. The second kappa shape index (κ2) is 13.2. The summed E-state index contributed by atoms with van der Waals surface area (Å²) in [4.78, 5) is 9.84. The van der Waals surface area contributed by atoms with Gasteiger partial charge in [0, 0.05) is 32.2 Å². The van der Waals surface area contributed by atoms with Gasteiger partial charge in [0.25, 0.3) is 0 Å².